The molecule has 140 valence electrons. The number of rotatable bonds is 0. The van der Waals surface area contributed by atoms with Gasteiger partial charge in [-0.15, -0.1) is 0 Å². The fraction of sp³-hybridized carbons (Fsp3) is 0.435. The van der Waals surface area contributed by atoms with E-state index in [2.05, 4.69) is 83.0 Å². The highest BCUT2D eigenvalue weighted by molar-refractivity contribution is 5.97. The lowest BCUT2D eigenvalue weighted by Gasteiger charge is -2.23. The Labute approximate surface area is 160 Å². The fourth-order valence-corrected chi connectivity index (χ4v) is 3.54. The largest absolute Gasteiger partial charge is 0.295 e. The van der Waals surface area contributed by atoms with Gasteiger partial charge in [0.05, 0.1) is 21.9 Å². The predicted molar refractivity (Wildman–Crippen MR) is 113 cm³/mol. The van der Waals surface area contributed by atoms with Crippen LogP contribution in [0.3, 0.4) is 0 Å². The highest BCUT2D eigenvalue weighted by Crippen LogP contribution is 2.33. The van der Waals surface area contributed by atoms with Crippen LogP contribution in [0.5, 0.6) is 0 Å². The molecular weight excluding hydrogens is 332 g/mol. The van der Waals surface area contributed by atoms with Gasteiger partial charge in [-0.2, -0.15) is 0 Å². The van der Waals surface area contributed by atoms with Gasteiger partial charge in [0.15, 0.2) is 0 Å². The van der Waals surface area contributed by atoms with Crippen LogP contribution in [0.4, 0.5) is 0 Å². The van der Waals surface area contributed by atoms with Crippen molar-refractivity contribution in [3.63, 3.8) is 0 Å². The summed E-state index contributed by atoms with van der Waals surface area (Å²) in [7, 11) is 0. The maximum Gasteiger partial charge on any atom is 0.149 e. The topological polar surface area (TPSA) is 43.1 Å². The number of hydrogen-bond acceptors (Lipinski definition) is 3. The third-order valence-corrected chi connectivity index (χ3v) is 5.28. The minimum Gasteiger partial charge on any atom is -0.295 e. The van der Waals surface area contributed by atoms with Gasteiger partial charge in [-0.25, -0.2) is 15.0 Å². The number of fused-ring (bicyclic) bond motifs is 5. The Balaban J connectivity index is 2.22. The van der Waals surface area contributed by atoms with Crippen molar-refractivity contribution in [3.8, 4) is 0 Å². The number of aromatic nitrogens is 4. The van der Waals surface area contributed by atoms with Crippen molar-refractivity contribution in [2.75, 3.05) is 0 Å². The number of pyridine rings is 1. The average Bonchev–Trinajstić information content (AvgIpc) is 2.90. The van der Waals surface area contributed by atoms with Crippen LogP contribution in [0.15, 0.2) is 24.4 Å². The SMILES string of the molecule is Cc1cc2nc3c4cnc(C(C)(C)C)nc4cc(C(C)(C)C)n3c2cc1C. The summed E-state index contributed by atoms with van der Waals surface area (Å²) in [5.41, 5.74) is 7.73. The van der Waals surface area contributed by atoms with E-state index in [1.165, 1.54) is 16.8 Å². The molecular formula is C23H28N4. The van der Waals surface area contributed by atoms with Crippen molar-refractivity contribution >= 4 is 27.6 Å². The maximum absolute atomic E-state index is 4.99. The molecule has 4 aromatic rings. The van der Waals surface area contributed by atoms with Crippen LogP contribution in [0.2, 0.25) is 0 Å². The molecule has 3 heterocycles. The van der Waals surface area contributed by atoms with E-state index in [0.717, 1.165) is 33.4 Å². The predicted octanol–water partition coefficient (Wildman–Crippen LogP) is 5.64. The van der Waals surface area contributed by atoms with E-state index in [0.29, 0.717) is 0 Å². The van der Waals surface area contributed by atoms with E-state index < -0.39 is 0 Å². The van der Waals surface area contributed by atoms with Gasteiger partial charge in [0.25, 0.3) is 0 Å². The van der Waals surface area contributed by atoms with Gasteiger partial charge in [-0.3, -0.25) is 4.40 Å². The van der Waals surface area contributed by atoms with Crippen LogP contribution in [0, 0.1) is 13.8 Å². The van der Waals surface area contributed by atoms with E-state index in [1.807, 2.05) is 6.20 Å². The second-order valence-electron chi connectivity index (χ2n) is 9.72. The van der Waals surface area contributed by atoms with Gasteiger partial charge in [0.1, 0.15) is 11.5 Å². The van der Waals surface area contributed by atoms with Crippen molar-refractivity contribution in [2.24, 2.45) is 0 Å². The Morgan fingerprint density at radius 2 is 1.44 bits per heavy atom. The molecule has 1 aromatic carbocycles. The first kappa shape index (κ1) is 17.9. The third-order valence-electron chi connectivity index (χ3n) is 5.28. The van der Waals surface area contributed by atoms with E-state index in [1.54, 1.807) is 0 Å². The number of benzene rings is 1. The normalized spacial score (nSPS) is 13.2. The van der Waals surface area contributed by atoms with Gasteiger partial charge in [0, 0.05) is 22.7 Å². The Hall–Kier alpha value is -2.49. The molecule has 3 aromatic heterocycles. The summed E-state index contributed by atoms with van der Waals surface area (Å²) in [6, 6.07) is 6.64. The van der Waals surface area contributed by atoms with Crippen molar-refractivity contribution in [3.05, 3.63) is 47.0 Å². The minimum absolute atomic E-state index is 0.0360. The number of nitrogens with zero attached hydrogens (tertiary/aromatic N) is 4. The molecule has 4 heteroatoms. The van der Waals surface area contributed by atoms with Crippen molar-refractivity contribution < 1.29 is 0 Å². The number of hydrogen-bond donors (Lipinski definition) is 0. The molecule has 4 nitrogen and oxygen atoms in total. The van der Waals surface area contributed by atoms with Gasteiger partial charge < -0.3 is 0 Å². The van der Waals surface area contributed by atoms with Crippen LogP contribution >= 0.6 is 0 Å². The molecule has 0 atom stereocenters. The summed E-state index contributed by atoms with van der Waals surface area (Å²) in [6.07, 6.45) is 1.94. The monoisotopic (exact) mass is 360 g/mol. The van der Waals surface area contributed by atoms with Gasteiger partial charge in [0.2, 0.25) is 0 Å². The molecule has 0 saturated heterocycles. The molecule has 0 amide bonds. The van der Waals surface area contributed by atoms with Crippen LogP contribution < -0.4 is 0 Å². The quantitative estimate of drug-likeness (QED) is 0.407. The Morgan fingerprint density at radius 3 is 2.07 bits per heavy atom. The molecule has 27 heavy (non-hydrogen) atoms. The van der Waals surface area contributed by atoms with Crippen LogP contribution in [0.1, 0.15) is 64.2 Å². The first-order chi connectivity index (χ1) is 12.5. The molecule has 0 N–H and O–H groups in total. The van der Waals surface area contributed by atoms with Gasteiger partial charge >= 0.3 is 0 Å². The van der Waals surface area contributed by atoms with Gasteiger partial charge in [-0.1, -0.05) is 41.5 Å². The number of aryl methyl sites for hydroxylation is 2. The molecule has 0 radical (unpaired) electrons. The Bertz CT molecular complexity index is 1200. The minimum atomic E-state index is -0.0867. The van der Waals surface area contributed by atoms with E-state index in [9.17, 15) is 0 Å². The van der Waals surface area contributed by atoms with Crippen LogP contribution in [-0.2, 0) is 10.8 Å². The lowest BCUT2D eigenvalue weighted by Crippen LogP contribution is -2.18. The highest BCUT2D eigenvalue weighted by Gasteiger charge is 2.24. The summed E-state index contributed by atoms with van der Waals surface area (Å²) in [6.45, 7) is 17.5. The second-order valence-corrected chi connectivity index (χ2v) is 9.72. The molecule has 0 fully saturated rings. The standard InChI is InChI=1S/C23H28N4/c1-13-9-17-18(10-14(13)2)27-19(22(3,4)5)11-16-15(20(27)25-17)12-24-21(26-16)23(6,7)8/h9-12H,1-8H3. The zero-order valence-electron chi connectivity index (χ0n) is 17.6. The summed E-state index contributed by atoms with van der Waals surface area (Å²) < 4.78 is 2.30. The summed E-state index contributed by atoms with van der Waals surface area (Å²) >= 11 is 0. The molecule has 0 saturated carbocycles. The molecule has 4 rings (SSSR count). The molecule has 0 aliphatic heterocycles. The molecule has 0 unspecified atom stereocenters. The first-order valence-corrected chi connectivity index (χ1v) is 9.57. The molecule has 0 bridgehead atoms. The third kappa shape index (κ3) is 2.78. The highest BCUT2D eigenvalue weighted by atomic mass is 15.0. The lowest BCUT2D eigenvalue weighted by atomic mass is 9.90. The lowest BCUT2D eigenvalue weighted by molar-refractivity contribution is 0.547. The zero-order valence-corrected chi connectivity index (χ0v) is 17.6. The van der Waals surface area contributed by atoms with Crippen LogP contribution in [0.25, 0.3) is 27.6 Å². The summed E-state index contributed by atoms with van der Waals surface area (Å²) in [4.78, 5) is 14.6. The number of imidazole rings is 1. The van der Waals surface area contributed by atoms with E-state index in [4.69, 9.17) is 9.97 Å². The zero-order chi connectivity index (χ0) is 19.7. The van der Waals surface area contributed by atoms with Crippen LogP contribution in [-0.4, -0.2) is 19.4 Å². The van der Waals surface area contributed by atoms with Crippen molar-refractivity contribution in [1.29, 1.82) is 0 Å². The smallest absolute Gasteiger partial charge is 0.149 e. The Kier molecular flexibility index (Phi) is 3.65. The molecule has 0 aliphatic carbocycles. The average molecular weight is 361 g/mol. The van der Waals surface area contributed by atoms with E-state index in [-0.39, 0.29) is 10.8 Å². The van der Waals surface area contributed by atoms with E-state index >= 15 is 0 Å². The maximum atomic E-state index is 4.99. The Morgan fingerprint density at radius 1 is 0.778 bits per heavy atom. The first-order valence-electron chi connectivity index (χ1n) is 9.57. The van der Waals surface area contributed by atoms with Gasteiger partial charge in [-0.05, 0) is 43.2 Å². The molecule has 0 spiro atoms. The van der Waals surface area contributed by atoms with Crippen molar-refractivity contribution in [2.45, 2.75) is 66.2 Å². The summed E-state index contributed by atoms with van der Waals surface area (Å²) in [5.74, 6) is 0.863. The second kappa shape index (κ2) is 5.51. The fourth-order valence-electron chi connectivity index (χ4n) is 3.54. The summed E-state index contributed by atoms with van der Waals surface area (Å²) in [5, 5.41) is 1.00. The van der Waals surface area contributed by atoms with Crippen molar-refractivity contribution in [1.82, 2.24) is 19.4 Å². The molecule has 0 aliphatic rings.